The minimum Gasteiger partial charge on any atom is -0.507 e. The zero-order valence-corrected chi connectivity index (χ0v) is 9.97. The number of phenols is 1. The van der Waals surface area contributed by atoms with Crippen LogP contribution in [0.2, 0.25) is 0 Å². The molecule has 0 aliphatic rings. The Hall–Kier alpha value is -2.24. The van der Waals surface area contributed by atoms with E-state index in [4.69, 9.17) is 9.84 Å². The van der Waals surface area contributed by atoms with Gasteiger partial charge in [-0.1, -0.05) is 0 Å². The largest absolute Gasteiger partial charge is 0.507 e. The van der Waals surface area contributed by atoms with Gasteiger partial charge in [0, 0.05) is 19.0 Å². The van der Waals surface area contributed by atoms with Crippen molar-refractivity contribution in [2.45, 2.75) is 12.8 Å². The number of carboxylic acid groups (broad SMARTS) is 1. The summed E-state index contributed by atoms with van der Waals surface area (Å²) in [5, 5.41) is 20.6. The number of carboxylic acids is 1. The molecular weight excluding hydrogens is 238 g/mol. The molecule has 0 radical (unpaired) electrons. The van der Waals surface area contributed by atoms with Crippen molar-refractivity contribution in [1.82, 2.24) is 5.32 Å². The van der Waals surface area contributed by atoms with Gasteiger partial charge in [-0.3, -0.25) is 9.59 Å². The number of hydrogen-bond donors (Lipinski definition) is 3. The zero-order chi connectivity index (χ0) is 13.5. The van der Waals surface area contributed by atoms with Gasteiger partial charge in [0.1, 0.15) is 11.5 Å². The van der Waals surface area contributed by atoms with Crippen molar-refractivity contribution in [3.05, 3.63) is 23.8 Å². The van der Waals surface area contributed by atoms with Crippen LogP contribution in [0.5, 0.6) is 11.5 Å². The van der Waals surface area contributed by atoms with Gasteiger partial charge in [-0.2, -0.15) is 0 Å². The second-order valence-electron chi connectivity index (χ2n) is 3.64. The van der Waals surface area contributed by atoms with Gasteiger partial charge >= 0.3 is 5.97 Å². The molecular formula is C12H15NO5. The molecule has 1 amide bonds. The third-order valence-corrected chi connectivity index (χ3v) is 2.30. The normalized spacial score (nSPS) is 9.83. The third-order valence-electron chi connectivity index (χ3n) is 2.30. The van der Waals surface area contributed by atoms with Crippen molar-refractivity contribution < 1.29 is 24.5 Å². The number of carbonyl (C=O) groups is 2. The van der Waals surface area contributed by atoms with Crippen LogP contribution in [0.25, 0.3) is 0 Å². The van der Waals surface area contributed by atoms with Gasteiger partial charge in [-0.25, -0.2) is 0 Å². The van der Waals surface area contributed by atoms with Crippen molar-refractivity contribution in [1.29, 1.82) is 0 Å². The van der Waals surface area contributed by atoms with Crippen molar-refractivity contribution in [2.24, 2.45) is 0 Å². The average Bonchev–Trinajstić information content (AvgIpc) is 2.33. The average molecular weight is 253 g/mol. The third kappa shape index (κ3) is 3.97. The van der Waals surface area contributed by atoms with Gasteiger partial charge < -0.3 is 20.3 Å². The Labute approximate surface area is 104 Å². The van der Waals surface area contributed by atoms with E-state index < -0.39 is 11.9 Å². The Morgan fingerprint density at radius 3 is 2.67 bits per heavy atom. The van der Waals surface area contributed by atoms with E-state index in [0.29, 0.717) is 12.2 Å². The maximum atomic E-state index is 11.7. The molecule has 1 rings (SSSR count). The van der Waals surface area contributed by atoms with Gasteiger partial charge in [0.2, 0.25) is 0 Å². The fourth-order valence-electron chi connectivity index (χ4n) is 1.37. The number of ether oxygens (including phenoxy) is 1. The number of nitrogens with one attached hydrogen (secondary N) is 1. The maximum Gasteiger partial charge on any atom is 0.303 e. The van der Waals surface area contributed by atoms with Gasteiger partial charge in [-0.15, -0.1) is 0 Å². The number of benzene rings is 1. The lowest BCUT2D eigenvalue weighted by Crippen LogP contribution is -2.24. The first-order chi connectivity index (χ1) is 8.54. The molecule has 0 saturated carbocycles. The summed E-state index contributed by atoms with van der Waals surface area (Å²) in [6, 6.07) is 4.35. The Morgan fingerprint density at radius 2 is 2.11 bits per heavy atom. The molecule has 0 aliphatic carbocycles. The number of amides is 1. The molecule has 98 valence electrons. The number of rotatable bonds is 6. The highest BCUT2D eigenvalue weighted by Crippen LogP contribution is 2.23. The molecule has 0 unspecified atom stereocenters. The summed E-state index contributed by atoms with van der Waals surface area (Å²) in [5.41, 5.74) is 0.131. The summed E-state index contributed by atoms with van der Waals surface area (Å²) < 4.78 is 4.90. The van der Waals surface area contributed by atoms with E-state index in [1.165, 1.54) is 19.2 Å². The first-order valence-electron chi connectivity index (χ1n) is 5.41. The molecule has 6 nitrogen and oxygen atoms in total. The summed E-state index contributed by atoms with van der Waals surface area (Å²) in [7, 11) is 1.46. The van der Waals surface area contributed by atoms with Crippen LogP contribution in [0.4, 0.5) is 0 Å². The Balaban J connectivity index is 2.54. The van der Waals surface area contributed by atoms with Crippen LogP contribution < -0.4 is 10.1 Å². The van der Waals surface area contributed by atoms with Crippen molar-refractivity contribution in [3.8, 4) is 11.5 Å². The van der Waals surface area contributed by atoms with E-state index in [1.807, 2.05) is 0 Å². The summed E-state index contributed by atoms with van der Waals surface area (Å²) in [6.07, 6.45) is 0.340. The summed E-state index contributed by atoms with van der Waals surface area (Å²) in [4.78, 5) is 21.9. The van der Waals surface area contributed by atoms with E-state index in [1.54, 1.807) is 6.07 Å². The zero-order valence-electron chi connectivity index (χ0n) is 9.97. The fourth-order valence-corrected chi connectivity index (χ4v) is 1.37. The minimum atomic E-state index is -0.906. The molecule has 1 aromatic rings. The highest BCUT2D eigenvalue weighted by Gasteiger charge is 2.11. The summed E-state index contributed by atoms with van der Waals surface area (Å²) >= 11 is 0. The van der Waals surface area contributed by atoms with E-state index >= 15 is 0 Å². The second-order valence-corrected chi connectivity index (χ2v) is 3.64. The first kappa shape index (κ1) is 13.8. The highest BCUT2D eigenvalue weighted by atomic mass is 16.5. The molecule has 0 spiro atoms. The van der Waals surface area contributed by atoms with Crippen molar-refractivity contribution >= 4 is 11.9 Å². The molecule has 0 fully saturated rings. The molecule has 0 bridgehead atoms. The molecule has 0 aliphatic heterocycles. The lowest BCUT2D eigenvalue weighted by Gasteiger charge is -2.07. The van der Waals surface area contributed by atoms with Gasteiger partial charge in [0.05, 0.1) is 12.7 Å². The van der Waals surface area contributed by atoms with E-state index in [-0.39, 0.29) is 24.3 Å². The molecule has 6 heteroatoms. The molecule has 0 saturated heterocycles. The molecule has 1 aromatic carbocycles. The van der Waals surface area contributed by atoms with Crippen LogP contribution in [-0.4, -0.2) is 35.7 Å². The number of phenolic OH excluding ortho intramolecular Hbond substituents is 1. The van der Waals surface area contributed by atoms with Gasteiger partial charge in [0.25, 0.3) is 5.91 Å². The Kier molecular flexibility index (Phi) is 4.98. The van der Waals surface area contributed by atoms with Crippen LogP contribution in [-0.2, 0) is 4.79 Å². The van der Waals surface area contributed by atoms with E-state index in [9.17, 15) is 14.7 Å². The topological polar surface area (TPSA) is 95.9 Å². The number of methoxy groups -OCH3 is 1. The van der Waals surface area contributed by atoms with Crippen LogP contribution >= 0.6 is 0 Å². The molecule has 0 aromatic heterocycles. The lowest BCUT2D eigenvalue weighted by atomic mass is 10.1. The molecule has 0 atom stereocenters. The Morgan fingerprint density at radius 1 is 1.39 bits per heavy atom. The number of aliphatic carboxylic acids is 1. The van der Waals surface area contributed by atoms with Crippen LogP contribution in [0.3, 0.4) is 0 Å². The SMILES string of the molecule is COc1ccc(C(=O)NCCCC(=O)O)c(O)c1. The lowest BCUT2D eigenvalue weighted by molar-refractivity contribution is -0.137. The van der Waals surface area contributed by atoms with Gasteiger partial charge in [-0.05, 0) is 18.6 Å². The highest BCUT2D eigenvalue weighted by molar-refractivity contribution is 5.97. The summed E-state index contributed by atoms with van der Waals surface area (Å²) in [6.45, 7) is 0.247. The monoisotopic (exact) mass is 253 g/mol. The number of aromatic hydroxyl groups is 1. The smallest absolute Gasteiger partial charge is 0.303 e. The molecule has 3 N–H and O–H groups in total. The van der Waals surface area contributed by atoms with Crippen LogP contribution in [0, 0.1) is 0 Å². The Bertz CT molecular complexity index is 444. The van der Waals surface area contributed by atoms with Crippen molar-refractivity contribution in [3.63, 3.8) is 0 Å². The van der Waals surface area contributed by atoms with E-state index in [0.717, 1.165) is 0 Å². The molecule has 18 heavy (non-hydrogen) atoms. The van der Waals surface area contributed by atoms with Gasteiger partial charge in [0.15, 0.2) is 0 Å². The quantitative estimate of drug-likeness (QED) is 0.657. The predicted molar refractivity (Wildman–Crippen MR) is 63.9 cm³/mol. The fraction of sp³-hybridized carbons (Fsp3) is 0.333. The minimum absolute atomic E-state index is 0.00508. The van der Waals surface area contributed by atoms with E-state index in [2.05, 4.69) is 5.32 Å². The number of hydrogen-bond acceptors (Lipinski definition) is 4. The molecule has 0 heterocycles. The number of carbonyl (C=O) groups excluding carboxylic acids is 1. The summed E-state index contributed by atoms with van der Waals surface area (Å²) in [5.74, 6) is -1.07. The maximum absolute atomic E-state index is 11.7. The predicted octanol–water partition coefficient (Wildman–Crippen LogP) is 0.995. The standard InChI is InChI=1S/C12H15NO5/c1-18-8-4-5-9(10(14)7-8)12(17)13-6-2-3-11(15)16/h4-5,7,14H,2-3,6H2,1H3,(H,13,17)(H,15,16). The second kappa shape index (κ2) is 6.48. The first-order valence-corrected chi connectivity index (χ1v) is 5.41. The van der Waals surface area contributed by atoms with Crippen molar-refractivity contribution in [2.75, 3.05) is 13.7 Å². The van der Waals surface area contributed by atoms with Crippen LogP contribution in [0.1, 0.15) is 23.2 Å². The van der Waals surface area contributed by atoms with Crippen LogP contribution in [0.15, 0.2) is 18.2 Å².